The Balaban J connectivity index is 1.39. The Morgan fingerprint density at radius 1 is 1.06 bits per heavy atom. The first-order valence-corrected chi connectivity index (χ1v) is 11.1. The van der Waals surface area contributed by atoms with Crippen molar-refractivity contribution >= 4 is 23.3 Å². The van der Waals surface area contributed by atoms with Crippen LogP contribution in [-0.2, 0) is 17.8 Å². The number of carbonyl (C=O) groups excluding carboxylic acids is 1. The van der Waals surface area contributed by atoms with E-state index in [-0.39, 0.29) is 5.91 Å². The molecule has 0 bridgehead atoms. The standard InChI is InChI=1S/C23H25ClN6O2/c1-15-9-16(2)22(26-11-15)17-10-20(25-12-18(17)24)30-4-3-29-13-19(27-21(29)14-30)23(31)28-5-7-32-8-6-28/h9-13H,3-8,14H2,1-2H3. The van der Waals surface area contributed by atoms with Crippen LogP contribution in [0.25, 0.3) is 11.3 Å². The number of aryl methyl sites for hydroxylation is 2. The highest BCUT2D eigenvalue weighted by Gasteiger charge is 2.26. The molecule has 32 heavy (non-hydrogen) atoms. The monoisotopic (exact) mass is 452 g/mol. The lowest BCUT2D eigenvalue weighted by atomic mass is 10.1. The van der Waals surface area contributed by atoms with Gasteiger partial charge in [-0.05, 0) is 31.0 Å². The van der Waals surface area contributed by atoms with E-state index in [4.69, 9.17) is 16.3 Å². The van der Waals surface area contributed by atoms with Crippen LogP contribution in [0.3, 0.4) is 0 Å². The molecule has 1 saturated heterocycles. The molecule has 2 aliphatic rings. The summed E-state index contributed by atoms with van der Waals surface area (Å²) < 4.78 is 7.41. The van der Waals surface area contributed by atoms with E-state index in [0.29, 0.717) is 43.6 Å². The number of aromatic nitrogens is 4. The first-order chi connectivity index (χ1) is 15.5. The fourth-order valence-electron chi connectivity index (χ4n) is 4.26. The zero-order chi connectivity index (χ0) is 22.2. The van der Waals surface area contributed by atoms with Crippen molar-refractivity contribution in [3.8, 4) is 11.3 Å². The largest absolute Gasteiger partial charge is 0.378 e. The fraction of sp³-hybridized carbons (Fsp3) is 0.391. The zero-order valence-electron chi connectivity index (χ0n) is 18.2. The molecule has 0 atom stereocenters. The predicted molar refractivity (Wildman–Crippen MR) is 122 cm³/mol. The molecule has 9 heteroatoms. The summed E-state index contributed by atoms with van der Waals surface area (Å²) in [5.74, 6) is 1.65. The quantitative estimate of drug-likeness (QED) is 0.607. The molecule has 0 saturated carbocycles. The lowest BCUT2D eigenvalue weighted by Crippen LogP contribution is -2.40. The fourth-order valence-corrected chi connectivity index (χ4v) is 4.45. The third kappa shape index (κ3) is 3.96. The molecule has 2 aliphatic heterocycles. The Bertz CT molecular complexity index is 1170. The maximum Gasteiger partial charge on any atom is 0.274 e. The van der Waals surface area contributed by atoms with E-state index in [1.54, 1.807) is 11.1 Å². The molecule has 1 fully saturated rings. The number of ether oxygens (including phenoxy) is 1. The van der Waals surface area contributed by atoms with Gasteiger partial charge in [0.1, 0.15) is 17.3 Å². The van der Waals surface area contributed by atoms with Crippen LogP contribution < -0.4 is 4.90 Å². The summed E-state index contributed by atoms with van der Waals surface area (Å²) in [6.45, 7) is 8.51. The van der Waals surface area contributed by atoms with Crippen LogP contribution in [0.4, 0.5) is 5.82 Å². The SMILES string of the molecule is Cc1cnc(-c2cc(N3CCn4cc(C(=O)N5CCOCC5)nc4C3)ncc2Cl)c(C)c1. The number of anilines is 1. The van der Waals surface area contributed by atoms with Crippen LogP contribution in [0, 0.1) is 13.8 Å². The second kappa shape index (κ2) is 8.52. The topological polar surface area (TPSA) is 76.4 Å². The number of nitrogens with zero attached hydrogens (tertiary/aromatic N) is 6. The summed E-state index contributed by atoms with van der Waals surface area (Å²) in [5, 5.41) is 0.574. The van der Waals surface area contributed by atoms with Gasteiger partial charge in [0.2, 0.25) is 0 Å². The number of imidazole rings is 1. The molecule has 0 aliphatic carbocycles. The van der Waals surface area contributed by atoms with Gasteiger partial charge in [-0.25, -0.2) is 9.97 Å². The van der Waals surface area contributed by atoms with E-state index >= 15 is 0 Å². The third-order valence-corrected chi connectivity index (χ3v) is 6.26. The first-order valence-electron chi connectivity index (χ1n) is 10.8. The van der Waals surface area contributed by atoms with Crippen LogP contribution in [0.1, 0.15) is 27.4 Å². The Morgan fingerprint density at radius 3 is 2.66 bits per heavy atom. The van der Waals surface area contributed by atoms with Gasteiger partial charge in [-0.1, -0.05) is 17.7 Å². The van der Waals surface area contributed by atoms with Gasteiger partial charge >= 0.3 is 0 Å². The smallest absolute Gasteiger partial charge is 0.274 e. The second-order valence-corrected chi connectivity index (χ2v) is 8.67. The molecular formula is C23H25ClN6O2. The van der Waals surface area contributed by atoms with Crippen molar-refractivity contribution in [2.24, 2.45) is 0 Å². The first kappa shape index (κ1) is 20.9. The summed E-state index contributed by atoms with van der Waals surface area (Å²) in [6, 6.07) is 4.09. The number of carbonyl (C=O) groups is 1. The Hall–Kier alpha value is -2.97. The summed E-state index contributed by atoms with van der Waals surface area (Å²) in [4.78, 5) is 30.6. The summed E-state index contributed by atoms with van der Waals surface area (Å²) >= 11 is 6.49. The lowest BCUT2D eigenvalue weighted by molar-refractivity contribution is 0.0299. The van der Waals surface area contributed by atoms with Crippen molar-refractivity contribution in [2.45, 2.75) is 26.9 Å². The molecule has 0 unspecified atom stereocenters. The van der Waals surface area contributed by atoms with Crippen LogP contribution >= 0.6 is 11.6 Å². The van der Waals surface area contributed by atoms with Crippen molar-refractivity contribution in [3.05, 3.63) is 58.4 Å². The van der Waals surface area contributed by atoms with Crippen molar-refractivity contribution < 1.29 is 9.53 Å². The van der Waals surface area contributed by atoms with E-state index in [9.17, 15) is 4.79 Å². The highest BCUT2D eigenvalue weighted by atomic mass is 35.5. The van der Waals surface area contributed by atoms with E-state index in [1.165, 1.54) is 0 Å². The second-order valence-electron chi connectivity index (χ2n) is 8.26. The zero-order valence-corrected chi connectivity index (χ0v) is 19.0. The number of halogens is 1. The summed E-state index contributed by atoms with van der Waals surface area (Å²) in [7, 11) is 0. The van der Waals surface area contributed by atoms with Crippen molar-refractivity contribution in [2.75, 3.05) is 37.7 Å². The molecule has 0 N–H and O–H groups in total. The number of amides is 1. The lowest BCUT2D eigenvalue weighted by Gasteiger charge is -2.29. The van der Waals surface area contributed by atoms with Gasteiger partial charge in [0, 0.05) is 50.3 Å². The molecule has 166 valence electrons. The molecule has 0 spiro atoms. The van der Waals surface area contributed by atoms with Crippen LogP contribution in [-0.4, -0.2) is 63.2 Å². The minimum Gasteiger partial charge on any atom is -0.378 e. The maximum absolute atomic E-state index is 12.8. The minimum absolute atomic E-state index is 0.0328. The van der Waals surface area contributed by atoms with E-state index in [0.717, 1.165) is 47.1 Å². The van der Waals surface area contributed by atoms with Crippen LogP contribution in [0.2, 0.25) is 5.02 Å². The molecule has 5 rings (SSSR count). The molecule has 0 radical (unpaired) electrons. The van der Waals surface area contributed by atoms with Gasteiger partial charge in [0.25, 0.3) is 5.91 Å². The Kier molecular flexibility index (Phi) is 5.57. The number of pyridine rings is 2. The molecule has 3 aromatic rings. The van der Waals surface area contributed by atoms with Crippen LogP contribution in [0.5, 0.6) is 0 Å². The molecule has 1 amide bonds. The van der Waals surface area contributed by atoms with E-state index in [1.807, 2.05) is 32.3 Å². The average Bonchev–Trinajstić information content (AvgIpc) is 3.23. The molecule has 3 aromatic heterocycles. The molecule has 0 aromatic carbocycles. The summed E-state index contributed by atoms with van der Waals surface area (Å²) in [5.41, 5.74) is 4.41. The minimum atomic E-state index is -0.0328. The molecular weight excluding hydrogens is 428 g/mol. The highest BCUT2D eigenvalue weighted by Crippen LogP contribution is 2.32. The molecule has 8 nitrogen and oxygen atoms in total. The van der Waals surface area contributed by atoms with Gasteiger partial charge in [-0.2, -0.15) is 0 Å². The van der Waals surface area contributed by atoms with Gasteiger partial charge < -0.3 is 19.1 Å². The average molecular weight is 453 g/mol. The molecule has 5 heterocycles. The van der Waals surface area contributed by atoms with Gasteiger partial charge in [0.15, 0.2) is 0 Å². The van der Waals surface area contributed by atoms with Crippen molar-refractivity contribution in [1.29, 1.82) is 0 Å². The maximum atomic E-state index is 12.8. The number of hydrogen-bond acceptors (Lipinski definition) is 6. The van der Waals surface area contributed by atoms with Crippen molar-refractivity contribution in [3.63, 3.8) is 0 Å². The van der Waals surface area contributed by atoms with Gasteiger partial charge in [0.05, 0.1) is 30.5 Å². The number of rotatable bonds is 3. The van der Waals surface area contributed by atoms with E-state index in [2.05, 4.69) is 30.5 Å². The summed E-state index contributed by atoms with van der Waals surface area (Å²) in [6.07, 6.45) is 5.40. The highest BCUT2D eigenvalue weighted by molar-refractivity contribution is 6.33. The Labute approximate surface area is 191 Å². The normalized spacial score (nSPS) is 16.2. The van der Waals surface area contributed by atoms with Crippen molar-refractivity contribution in [1.82, 2.24) is 24.4 Å². The van der Waals surface area contributed by atoms with Gasteiger partial charge in [-0.15, -0.1) is 0 Å². The van der Waals surface area contributed by atoms with Gasteiger partial charge in [-0.3, -0.25) is 9.78 Å². The predicted octanol–water partition coefficient (Wildman–Crippen LogP) is 3.10. The number of morpholine rings is 1. The third-order valence-electron chi connectivity index (χ3n) is 5.95. The number of fused-ring (bicyclic) bond motifs is 1. The Morgan fingerprint density at radius 2 is 1.88 bits per heavy atom. The van der Waals surface area contributed by atoms with Crippen LogP contribution in [0.15, 0.2) is 30.7 Å². The number of hydrogen-bond donors (Lipinski definition) is 0. The van der Waals surface area contributed by atoms with E-state index < -0.39 is 0 Å².